The maximum absolute atomic E-state index is 13.7. The van der Waals surface area contributed by atoms with Gasteiger partial charge in [-0.3, -0.25) is 13.9 Å². The highest BCUT2D eigenvalue weighted by Gasteiger charge is 2.32. The van der Waals surface area contributed by atoms with Crippen molar-refractivity contribution in [1.29, 1.82) is 0 Å². The third-order valence-electron chi connectivity index (χ3n) is 5.47. The molecule has 0 spiro atoms. The molecule has 1 N–H and O–H groups in total. The molecule has 0 aromatic heterocycles. The fraction of sp³-hybridized carbons (Fsp3) is 0.231. The monoisotopic (exact) mass is 591 g/mol. The molecule has 10 heteroatoms. The first-order valence-corrected chi connectivity index (χ1v) is 13.9. The summed E-state index contributed by atoms with van der Waals surface area (Å²) in [6.45, 7) is 3.41. The van der Waals surface area contributed by atoms with Gasteiger partial charge in [0.2, 0.25) is 11.8 Å². The molecule has 1 atom stereocenters. The first-order chi connectivity index (χ1) is 17.1. The molecule has 3 aromatic carbocycles. The van der Waals surface area contributed by atoms with Crippen molar-refractivity contribution in [3.63, 3.8) is 0 Å². The molecule has 0 aliphatic rings. The summed E-state index contributed by atoms with van der Waals surface area (Å²) in [4.78, 5) is 27.8. The molecule has 0 saturated heterocycles. The van der Waals surface area contributed by atoms with Gasteiger partial charge in [0.05, 0.1) is 10.6 Å². The Morgan fingerprint density at radius 2 is 1.69 bits per heavy atom. The van der Waals surface area contributed by atoms with Crippen molar-refractivity contribution >= 4 is 55.1 Å². The number of likely N-dealkylation sites (N-methyl/N-ethyl adjacent to an activating group) is 1. The number of sulfonamides is 1. The molecule has 0 fully saturated rings. The molecule has 3 aromatic rings. The number of halogens is 2. The number of benzene rings is 3. The Balaban J connectivity index is 2.02. The predicted octanol–water partition coefficient (Wildman–Crippen LogP) is 4.85. The lowest BCUT2D eigenvalue weighted by Crippen LogP contribution is -2.51. The third kappa shape index (κ3) is 6.87. The van der Waals surface area contributed by atoms with E-state index >= 15 is 0 Å². The Hall–Kier alpha value is -2.88. The number of nitrogens with zero attached hydrogens (tertiary/aromatic N) is 2. The van der Waals surface area contributed by atoms with E-state index in [1.54, 1.807) is 50.2 Å². The van der Waals surface area contributed by atoms with Crippen molar-refractivity contribution < 1.29 is 18.0 Å². The Bertz CT molecular complexity index is 1320. The van der Waals surface area contributed by atoms with Gasteiger partial charge in [-0.25, -0.2) is 8.42 Å². The molecule has 0 heterocycles. The number of nitrogens with one attached hydrogen (secondary N) is 1. The van der Waals surface area contributed by atoms with E-state index in [9.17, 15) is 18.0 Å². The normalized spacial score (nSPS) is 12.0. The highest BCUT2D eigenvalue weighted by molar-refractivity contribution is 9.10. The lowest BCUT2D eigenvalue weighted by Gasteiger charge is -2.32. The summed E-state index contributed by atoms with van der Waals surface area (Å²) < 4.78 is 29.1. The topological polar surface area (TPSA) is 86.8 Å². The van der Waals surface area contributed by atoms with Crippen molar-refractivity contribution in [2.75, 3.05) is 17.4 Å². The lowest BCUT2D eigenvalue weighted by atomic mass is 10.1. The van der Waals surface area contributed by atoms with Crippen LogP contribution < -0.4 is 9.62 Å². The van der Waals surface area contributed by atoms with E-state index in [2.05, 4.69) is 21.2 Å². The molecule has 2 amide bonds. The number of carbonyl (C=O) groups excluding carboxylic acids is 2. The predicted molar refractivity (Wildman–Crippen MR) is 145 cm³/mol. The van der Waals surface area contributed by atoms with Gasteiger partial charge in [-0.15, -0.1) is 0 Å². The van der Waals surface area contributed by atoms with Gasteiger partial charge in [-0.1, -0.05) is 63.9 Å². The minimum absolute atomic E-state index is 0.0353. The van der Waals surface area contributed by atoms with Crippen molar-refractivity contribution in [2.45, 2.75) is 31.3 Å². The molecule has 0 aliphatic heterocycles. The summed E-state index contributed by atoms with van der Waals surface area (Å²) in [5.41, 5.74) is 1.03. The van der Waals surface area contributed by atoms with E-state index in [0.29, 0.717) is 11.6 Å². The molecule has 3 rings (SSSR count). The van der Waals surface area contributed by atoms with Gasteiger partial charge in [-0.05, 0) is 61.9 Å². The van der Waals surface area contributed by atoms with Crippen LogP contribution in [-0.4, -0.2) is 44.3 Å². The van der Waals surface area contributed by atoms with Crippen LogP contribution in [0.2, 0.25) is 5.02 Å². The zero-order valence-electron chi connectivity index (χ0n) is 19.9. The summed E-state index contributed by atoms with van der Waals surface area (Å²) in [6, 6.07) is 20.7. The first-order valence-electron chi connectivity index (χ1n) is 11.3. The standard InChI is InChI=1S/C26H27BrClN3O4S/c1-3-29-26(33)19(2)30(17-20-9-7-10-21(27)15-20)25(32)18-31(23-12-8-11-22(28)16-23)36(34,35)24-13-5-4-6-14-24/h4-16,19H,3,17-18H2,1-2H3,(H,29,33). The van der Waals surface area contributed by atoms with Crippen molar-refractivity contribution in [1.82, 2.24) is 10.2 Å². The van der Waals surface area contributed by atoms with E-state index in [-0.39, 0.29) is 23.0 Å². The average molecular weight is 593 g/mol. The van der Waals surface area contributed by atoms with E-state index < -0.39 is 28.5 Å². The molecule has 36 heavy (non-hydrogen) atoms. The zero-order valence-corrected chi connectivity index (χ0v) is 23.1. The van der Waals surface area contributed by atoms with Gasteiger partial charge >= 0.3 is 0 Å². The SMILES string of the molecule is CCNC(=O)C(C)N(Cc1cccc(Br)c1)C(=O)CN(c1cccc(Cl)c1)S(=O)(=O)c1ccccc1. The molecule has 0 aliphatic carbocycles. The summed E-state index contributed by atoms with van der Waals surface area (Å²) >= 11 is 9.59. The first kappa shape index (κ1) is 27.7. The number of carbonyl (C=O) groups is 2. The van der Waals surface area contributed by atoms with Gasteiger partial charge in [0, 0.05) is 22.6 Å². The quantitative estimate of drug-likeness (QED) is 0.365. The Morgan fingerprint density at radius 1 is 1.00 bits per heavy atom. The molecular formula is C26H27BrClN3O4S. The van der Waals surface area contributed by atoms with Crippen LogP contribution in [0.5, 0.6) is 0 Å². The minimum Gasteiger partial charge on any atom is -0.355 e. The summed E-state index contributed by atoms with van der Waals surface area (Å²) in [5.74, 6) is -0.866. The van der Waals surface area contributed by atoms with E-state index in [1.807, 2.05) is 24.3 Å². The molecule has 7 nitrogen and oxygen atoms in total. The highest BCUT2D eigenvalue weighted by atomic mass is 79.9. The highest BCUT2D eigenvalue weighted by Crippen LogP contribution is 2.27. The van der Waals surface area contributed by atoms with E-state index in [0.717, 1.165) is 14.3 Å². The molecule has 1 unspecified atom stereocenters. The molecular weight excluding hydrogens is 566 g/mol. The second-order valence-electron chi connectivity index (χ2n) is 8.03. The molecule has 0 saturated carbocycles. The smallest absolute Gasteiger partial charge is 0.264 e. The van der Waals surface area contributed by atoms with Crippen LogP contribution in [0, 0.1) is 0 Å². The van der Waals surface area contributed by atoms with Gasteiger partial charge in [0.1, 0.15) is 12.6 Å². The van der Waals surface area contributed by atoms with Gasteiger partial charge in [0.15, 0.2) is 0 Å². The van der Waals surface area contributed by atoms with Gasteiger partial charge in [-0.2, -0.15) is 0 Å². The van der Waals surface area contributed by atoms with Crippen LogP contribution in [0.1, 0.15) is 19.4 Å². The van der Waals surface area contributed by atoms with Crippen LogP contribution >= 0.6 is 27.5 Å². The Labute approximate surface area is 225 Å². The van der Waals surface area contributed by atoms with Gasteiger partial charge < -0.3 is 10.2 Å². The third-order valence-corrected chi connectivity index (χ3v) is 7.98. The maximum atomic E-state index is 13.7. The minimum atomic E-state index is -4.12. The molecule has 190 valence electrons. The number of amides is 2. The molecule has 0 bridgehead atoms. The van der Waals surface area contributed by atoms with Crippen LogP contribution in [-0.2, 0) is 26.2 Å². The van der Waals surface area contributed by atoms with E-state index in [4.69, 9.17) is 11.6 Å². The summed E-state index contributed by atoms with van der Waals surface area (Å²) in [6.07, 6.45) is 0. The average Bonchev–Trinajstić information content (AvgIpc) is 2.86. The van der Waals surface area contributed by atoms with Gasteiger partial charge in [0.25, 0.3) is 10.0 Å². The Morgan fingerprint density at radius 3 is 2.33 bits per heavy atom. The number of hydrogen-bond acceptors (Lipinski definition) is 4. The van der Waals surface area contributed by atoms with Crippen molar-refractivity contribution in [3.05, 3.63) is 93.9 Å². The lowest BCUT2D eigenvalue weighted by molar-refractivity contribution is -0.139. The zero-order chi connectivity index (χ0) is 26.3. The maximum Gasteiger partial charge on any atom is 0.264 e. The molecule has 0 radical (unpaired) electrons. The largest absolute Gasteiger partial charge is 0.355 e. The number of anilines is 1. The Kier molecular flexibility index (Phi) is 9.53. The van der Waals surface area contributed by atoms with E-state index in [1.165, 1.54) is 23.1 Å². The fourth-order valence-corrected chi connectivity index (χ4v) is 5.67. The summed E-state index contributed by atoms with van der Waals surface area (Å²) in [5, 5.41) is 3.06. The second kappa shape index (κ2) is 12.4. The number of rotatable bonds is 10. The fourth-order valence-electron chi connectivity index (χ4n) is 3.62. The summed E-state index contributed by atoms with van der Waals surface area (Å²) in [7, 11) is -4.12. The van der Waals surface area contributed by atoms with Crippen LogP contribution in [0.3, 0.4) is 0 Å². The van der Waals surface area contributed by atoms with Crippen LogP contribution in [0.25, 0.3) is 0 Å². The second-order valence-corrected chi connectivity index (χ2v) is 11.2. The van der Waals surface area contributed by atoms with Crippen molar-refractivity contribution in [2.24, 2.45) is 0 Å². The van der Waals surface area contributed by atoms with Crippen LogP contribution in [0.15, 0.2) is 88.2 Å². The number of hydrogen-bond donors (Lipinski definition) is 1. The van der Waals surface area contributed by atoms with Crippen molar-refractivity contribution in [3.8, 4) is 0 Å². The van der Waals surface area contributed by atoms with Crippen LogP contribution in [0.4, 0.5) is 5.69 Å².